The van der Waals surface area contributed by atoms with Crippen LogP contribution in [0.2, 0.25) is 0 Å². The first kappa shape index (κ1) is 38.8. The molecule has 0 aliphatic rings. The topological polar surface area (TPSA) is 61.7 Å². The molecule has 6 heteroatoms. The van der Waals surface area contributed by atoms with Crippen LogP contribution in [-0.4, -0.2) is 24.1 Å². The molecular formula is C63H39N5O. The number of para-hydroxylation sites is 3. The molecule has 4 heterocycles. The van der Waals surface area contributed by atoms with Gasteiger partial charge in [0.1, 0.15) is 0 Å². The third-order valence-electron chi connectivity index (χ3n) is 13.6. The maximum atomic E-state index is 7.43. The van der Waals surface area contributed by atoms with Gasteiger partial charge in [0, 0.05) is 60.3 Å². The number of fused-ring (bicyclic) bond motifs is 11. The van der Waals surface area contributed by atoms with Gasteiger partial charge in [0.15, 0.2) is 28.6 Å². The first-order valence-corrected chi connectivity index (χ1v) is 23.3. The van der Waals surface area contributed by atoms with Crippen LogP contribution in [-0.2, 0) is 0 Å². The number of benzene rings is 10. The van der Waals surface area contributed by atoms with Gasteiger partial charge < -0.3 is 13.6 Å². The van der Waals surface area contributed by atoms with Crippen molar-refractivity contribution in [2.45, 2.75) is 0 Å². The van der Waals surface area contributed by atoms with Crippen molar-refractivity contribution < 1.29 is 4.42 Å². The quantitative estimate of drug-likeness (QED) is 0.160. The van der Waals surface area contributed by atoms with Crippen LogP contribution in [0, 0.1) is 0 Å². The van der Waals surface area contributed by atoms with Gasteiger partial charge in [-0.05, 0) is 59.2 Å². The van der Waals surface area contributed by atoms with Crippen LogP contribution in [0.25, 0.3) is 133 Å². The van der Waals surface area contributed by atoms with Crippen LogP contribution in [0.5, 0.6) is 0 Å². The van der Waals surface area contributed by atoms with E-state index in [4.69, 9.17) is 19.4 Å². The van der Waals surface area contributed by atoms with Crippen LogP contribution < -0.4 is 0 Å². The molecule has 322 valence electrons. The van der Waals surface area contributed by atoms with Gasteiger partial charge >= 0.3 is 0 Å². The number of rotatable bonds is 7. The van der Waals surface area contributed by atoms with Crippen molar-refractivity contribution in [3.05, 3.63) is 237 Å². The van der Waals surface area contributed by atoms with Crippen LogP contribution in [0.1, 0.15) is 0 Å². The van der Waals surface area contributed by atoms with Crippen LogP contribution in [0.3, 0.4) is 0 Å². The van der Waals surface area contributed by atoms with E-state index in [9.17, 15) is 0 Å². The van der Waals surface area contributed by atoms with Crippen molar-refractivity contribution >= 4 is 65.6 Å². The first-order valence-electron chi connectivity index (χ1n) is 23.3. The molecule has 0 unspecified atom stereocenters. The molecule has 14 rings (SSSR count). The van der Waals surface area contributed by atoms with Crippen molar-refractivity contribution in [1.82, 2.24) is 24.1 Å². The summed E-state index contributed by atoms with van der Waals surface area (Å²) in [6.45, 7) is 0. The van der Waals surface area contributed by atoms with Gasteiger partial charge in [-0.3, -0.25) is 0 Å². The molecule has 0 amide bonds. The zero-order chi connectivity index (χ0) is 45.4. The van der Waals surface area contributed by atoms with E-state index in [0.29, 0.717) is 17.5 Å². The largest absolute Gasteiger partial charge is 0.452 e. The Morgan fingerprint density at radius 2 is 0.739 bits per heavy atom. The van der Waals surface area contributed by atoms with E-state index in [1.807, 2.05) is 30.3 Å². The van der Waals surface area contributed by atoms with Crippen molar-refractivity contribution in [1.29, 1.82) is 0 Å². The summed E-state index contributed by atoms with van der Waals surface area (Å²) in [7, 11) is 0. The average Bonchev–Trinajstić information content (AvgIpc) is 4.10. The highest BCUT2D eigenvalue weighted by atomic mass is 16.3. The Morgan fingerprint density at radius 3 is 1.39 bits per heavy atom. The number of hydrogen-bond donors (Lipinski definition) is 0. The molecule has 10 aromatic carbocycles. The Morgan fingerprint density at radius 1 is 0.290 bits per heavy atom. The molecule has 4 aromatic heterocycles. The summed E-state index contributed by atoms with van der Waals surface area (Å²) in [6.07, 6.45) is 0. The molecule has 69 heavy (non-hydrogen) atoms. The molecule has 0 fully saturated rings. The number of hydrogen-bond acceptors (Lipinski definition) is 4. The molecule has 0 N–H and O–H groups in total. The molecule has 0 aliphatic carbocycles. The standard InChI is InChI=1S/C63H39N5O/c1-4-19-40(20-5-1)45-27-10-11-31-53(45)63-65-61(42-23-8-3-9-24-42)64-62(66-63)43-25-18-26-44(39-43)67-55-33-16-13-29-47(55)49-35-37-51-52-38-36-50-48-30-14-17-34-56(48)68(58(50)60(52)69-59(51)57(49)67)54-32-15-12-28-46(54)41-21-6-2-7-22-41/h1-39H. The Hall–Kier alpha value is -9.39. The van der Waals surface area contributed by atoms with Crippen LogP contribution in [0.15, 0.2) is 241 Å². The highest BCUT2D eigenvalue weighted by Crippen LogP contribution is 2.45. The van der Waals surface area contributed by atoms with E-state index in [1.165, 1.54) is 5.39 Å². The maximum absolute atomic E-state index is 7.43. The van der Waals surface area contributed by atoms with Crippen molar-refractivity contribution in [3.8, 4) is 67.8 Å². The van der Waals surface area contributed by atoms with E-state index < -0.39 is 0 Å². The number of nitrogens with zero attached hydrogens (tertiary/aromatic N) is 5. The van der Waals surface area contributed by atoms with E-state index in [1.54, 1.807) is 0 Å². The van der Waals surface area contributed by atoms with Gasteiger partial charge in [0.25, 0.3) is 0 Å². The smallest absolute Gasteiger partial charge is 0.164 e. The second kappa shape index (κ2) is 15.6. The summed E-state index contributed by atoms with van der Waals surface area (Å²) < 4.78 is 12.2. The number of furan rings is 1. The predicted molar refractivity (Wildman–Crippen MR) is 283 cm³/mol. The molecule has 0 saturated heterocycles. The maximum Gasteiger partial charge on any atom is 0.164 e. The van der Waals surface area contributed by atoms with Crippen LogP contribution in [0.4, 0.5) is 0 Å². The molecule has 0 radical (unpaired) electrons. The fraction of sp³-hybridized carbons (Fsp3) is 0. The van der Waals surface area contributed by atoms with Gasteiger partial charge in [-0.15, -0.1) is 0 Å². The molecule has 0 atom stereocenters. The van der Waals surface area contributed by atoms with Gasteiger partial charge in [-0.25, -0.2) is 15.0 Å². The molecule has 14 aromatic rings. The number of aromatic nitrogens is 5. The zero-order valence-electron chi connectivity index (χ0n) is 37.2. The Kier molecular flexibility index (Phi) is 8.79. The average molecular weight is 882 g/mol. The lowest BCUT2D eigenvalue weighted by Gasteiger charge is -2.14. The highest BCUT2D eigenvalue weighted by Gasteiger charge is 2.24. The molecular weight excluding hydrogens is 843 g/mol. The molecule has 0 spiro atoms. The fourth-order valence-electron chi connectivity index (χ4n) is 10.5. The summed E-state index contributed by atoms with van der Waals surface area (Å²) in [5, 5.41) is 6.69. The molecule has 0 saturated carbocycles. The SMILES string of the molecule is c1ccc(-c2nc(-c3cccc(-n4c5ccccc5c5ccc6c7ccc8c9ccccc9n(-c9ccccc9-c9ccccc9)c8c7oc6c54)c3)nc(-c3ccccc3-c3ccccc3)n2)cc1. The third-order valence-corrected chi connectivity index (χ3v) is 13.6. The lowest BCUT2D eigenvalue weighted by molar-refractivity contribution is 0.673. The highest BCUT2D eigenvalue weighted by molar-refractivity contribution is 6.26. The van der Waals surface area contributed by atoms with Gasteiger partial charge in [0.2, 0.25) is 0 Å². The summed E-state index contributed by atoms with van der Waals surface area (Å²) >= 11 is 0. The minimum atomic E-state index is 0.587. The Balaban J connectivity index is 1.01. The monoisotopic (exact) mass is 881 g/mol. The van der Waals surface area contributed by atoms with Gasteiger partial charge in [0.05, 0.1) is 27.8 Å². The van der Waals surface area contributed by atoms with Crippen molar-refractivity contribution in [2.75, 3.05) is 0 Å². The summed E-state index contributed by atoms with van der Waals surface area (Å²) in [5.41, 5.74) is 15.2. The summed E-state index contributed by atoms with van der Waals surface area (Å²) in [6, 6.07) is 83.1. The first-order chi connectivity index (χ1) is 34.2. The zero-order valence-corrected chi connectivity index (χ0v) is 37.2. The normalized spacial score (nSPS) is 11.8. The van der Waals surface area contributed by atoms with E-state index in [-0.39, 0.29) is 0 Å². The lowest BCUT2D eigenvalue weighted by atomic mass is 9.99. The molecule has 0 aliphatic heterocycles. The van der Waals surface area contributed by atoms with Crippen molar-refractivity contribution in [3.63, 3.8) is 0 Å². The predicted octanol–water partition coefficient (Wildman–Crippen LogP) is 16.3. The lowest BCUT2D eigenvalue weighted by Crippen LogP contribution is -2.02. The van der Waals surface area contributed by atoms with E-state index >= 15 is 0 Å². The van der Waals surface area contributed by atoms with E-state index in [0.717, 1.165) is 110 Å². The van der Waals surface area contributed by atoms with Crippen molar-refractivity contribution in [2.24, 2.45) is 0 Å². The minimum absolute atomic E-state index is 0.587. The second-order valence-corrected chi connectivity index (χ2v) is 17.5. The summed E-state index contributed by atoms with van der Waals surface area (Å²) in [4.78, 5) is 15.6. The van der Waals surface area contributed by atoms with Crippen LogP contribution >= 0.6 is 0 Å². The van der Waals surface area contributed by atoms with Gasteiger partial charge in [-0.2, -0.15) is 0 Å². The summed E-state index contributed by atoms with van der Waals surface area (Å²) in [5.74, 6) is 1.81. The molecule has 6 nitrogen and oxygen atoms in total. The Bertz CT molecular complexity index is 4300. The van der Waals surface area contributed by atoms with Gasteiger partial charge in [-0.1, -0.05) is 194 Å². The Labute approximate surface area is 396 Å². The fourth-order valence-corrected chi connectivity index (χ4v) is 10.5. The van der Waals surface area contributed by atoms with E-state index in [2.05, 4.69) is 215 Å². The third kappa shape index (κ3) is 6.16. The minimum Gasteiger partial charge on any atom is -0.452 e. The molecule has 0 bridgehead atoms. The second-order valence-electron chi connectivity index (χ2n) is 17.5.